The molecule has 0 saturated carbocycles. The second-order valence-electron chi connectivity index (χ2n) is 6.63. The van der Waals surface area contributed by atoms with Gasteiger partial charge in [-0.15, -0.1) is 22.7 Å². The molecule has 2 nitrogen and oxygen atoms in total. The molecule has 1 unspecified atom stereocenters. The van der Waals surface area contributed by atoms with Crippen molar-refractivity contribution in [3.63, 3.8) is 0 Å². The van der Waals surface area contributed by atoms with E-state index in [0.29, 0.717) is 6.04 Å². The van der Waals surface area contributed by atoms with Crippen LogP contribution in [-0.2, 0) is 6.42 Å². The summed E-state index contributed by atoms with van der Waals surface area (Å²) in [5, 5.41) is 8.13. The normalized spacial score (nSPS) is 13.8. The zero-order valence-electron chi connectivity index (χ0n) is 13.4. The Morgan fingerprint density at radius 1 is 1.14 bits per heavy atom. The molecule has 0 aliphatic carbocycles. The lowest BCUT2D eigenvalue weighted by Crippen LogP contribution is -2.39. The van der Waals surface area contributed by atoms with E-state index in [-0.39, 0.29) is 5.41 Å². The minimum atomic E-state index is 0.272. The summed E-state index contributed by atoms with van der Waals surface area (Å²) < 4.78 is 0. The minimum absolute atomic E-state index is 0.272. The third-order valence-corrected chi connectivity index (χ3v) is 5.33. The Balaban J connectivity index is 2.00. The Hall–Kier alpha value is -0.680. The molecule has 2 heterocycles. The van der Waals surface area contributed by atoms with Crippen LogP contribution in [0.5, 0.6) is 0 Å². The van der Waals surface area contributed by atoms with Gasteiger partial charge in [0, 0.05) is 35.3 Å². The topological polar surface area (TPSA) is 15.3 Å². The SMILES string of the molecule is CN(C)CC(C)(C)CNC(Cc1cccs1)c1cccs1. The molecular weight excluding hydrogens is 296 g/mol. The van der Waals surface area contributed by atoms with E-state index in [9.17, 15) is 0 Å². The second-order valence-corrected chi connectivity index (χ2v) is 8.65. The van der Waals surface area contributed by atoms with Gasteiger partial charge in [-0.3, -0.25) is 0 Å². The van der Waals surface area contributed by atoms with Gasteiger partial charge in [0.15, 0.2) is 0 Å². The Morgan fingerprint density at radius 2 is 1.86 bits per heavy atom. The minimum Gasteiger partial charge on any atom is -0.309 e. The van der Waals surface area contributed by atoms with Crippen LogP contribution in [0.15, 0.2) is 35.0 Å². The van der Waals surface area contributed by atoms with E-state index in [1.54, 1.807) is 0 Å². The molecule has 1 atom stereocenters. The van der Waals surface area contributed by atoms with Gasteiger partial charge in [-0.05, 0) is 42.4 Å². The molecule has 0 radical (unpaired) electrons. The van der Waals surface area contributed by atoms with Crippen molar-refractivity contribution in [1.29, 1.82) is 0 Å². The first-order valence-electron chi connectivity index (χ1n) is 7.40. The summed E-state index contributed by atoms with van der Waals surface area (Å²) in [6.45, 7) is 6.78. The number of thiophene rings is 2. The van der Waals surface area contributed by atoms with Gasteiger partial charge in [0.1, 0.15) is 0 Å². The summed E-state index contributed by atoms with van der Waals surface area (Å²) in [6, 6.07) is 9.19. The highest BCUT2D eigenvalue weighted by atomic mass is 32.1. The average molecular weight is 323 g/mol. The molecule has 4 heteroatoms. The van der Waals surface area contributed by atoms with Crippen molar-refractivity contribution in [3.8, 4) is 0 Å². The summed E-state index contributed by atoms with van der Waals surface area (Å²) in [4.78, 5) is 5.15. The largest absolute Gasteiger partial charge is 0.309 e. The van der Waals surface area contributed by atoms with E-state index in [0.717, 1.165) is 19.5 Å². The molecule has 0 fully saturated rings. The summed E-state index contributed by atoms with van der Waals surface area (Å²) >= 11 is 3.70. The fraction of sp³-hybridized carbons (Fsp3) is 0.529. The van der Waals surface area contributed by atoms with Crippen LogP contribution in [-0.4, -0.2) is 32.1 Å². The van der Waals surface area contributed by atoms with E-state index in [1.165, 1.54) is 9.75 Å². The first-order chi connectivity index (χ1) is 9.96. The van der Waals surface area contributed by atoms with Gasteiger partial charge in [0.05, 0.1) is 0 Å². The van der Waals surface area contributed by atoms with Gasteiger partial charge < -0.3 is 10.2 Å². The van der Waals surface area contributed by atoms with Crippen molar-refractivity contribution in [3.05, 3.63) is 44.8 Å². The molecule has 0 aliphatic rings. The van der Waals surface area contributed by atoms with Crippen LogP contribution in [0, 0.1) is 5.41 Å². The molecule has 2 rings (SSSR count). The van der Waals surface area contributed by atoms with Gasteiger partial charge in [0.2, 0.25) is 0 Å². The maximum absolute atomic E-state index is 3.80. The molecule has 0 spiro atoms. The lowest BCUT2D eigenvalue weighted by Gasteiger charge is -2.30. The second kappa shape index (κ2) is 7.54. The van der Waals surface area contributed by atoms with Crippen molar-refractivity contribution < 1.29 is 0 Å². The fourth-order valence-electron chi connectivity index (χ4n) is 2.70. The highest BCUT2D eigenvalue weighted by molar-refractivity contribution is 7.10. The third kappa shape index (κ3) is 5.55. The fourth-order valence-corrected chi connectivity index (χ4v) is 4.26. The number of nitrogens with one attached hydrogen (secondary N) is 1. The van der Waals surface area contributed by atoms with E-state index in [2.05, 4.69) is 73.2 Å². The van der Waals surface area contributed by atoms with Crippen molar-refractivity contribution in [2.45, 2.75) is 26.3 Å². The molecule has 21 heavy (non-hydrogen) atoms. The molecule has 0 aromatic carbocycles. The van der Waals surface area contributed by atoms with Crippen molar-refractivity contribution in [1.82, 2.24) is 10.2 Å². The number of nitrogens with zero attached hydrogens (tertiary/aromatic N) is 1. The number of hydrogen-bond acceptors (Lipinski definition) is 4. The monoisotopic (exact) mass is 322 g/mol. The quantitative estimate of drug-likeness (QED) is 0.781. The first kappa shape index (κ1) is 16.7. The highest BCUT2D eigenvalue weighted by Gasteiger charge is 2.22. The van der Waals surface area contributed by atoms with Crippen LogP contribution < -0.4 is 5.32 Å². The van der Waals surface area contributed by atoms with Crippen LogP contribution in [0.25, 0.3) is 0 Å². The Kier molecular flexibility index (Phi) is 5.99. The van der Waals surface area contributed by atoms with Gasteiger partial charge in [-0.2, -0.15) is 0 Å². The van der Waals surface area contributed by atoms with Crippen molar-refractivity contribution >= 4 is 22.7 Å². The number of rotatable bonds is 8. The lowest BCUT2D eigenvalue weighted by molar-refractivity contribution is 0.225. The van der Waals surface area contributed by atoms with E-state index in [1.807, 2.05) is 22.7 Å². The van der Waals surface area contributed by atoms with Crippen LogP contribution in [0.1, 0.15) is 29.6 Å². The van der Waals surface area contributed by atoms with Crippen LogP contribution >= 0.6 is 22.7 Å². The summed E-state index contributed by atoms with van der Waals surface area (Å²) in [7, 11) is 4.29. The molecule has 2 aromatic rings. The summed E-state index contributed by atoms with van der Waals surface area (Å²) in [5.41, 5.74) is 0.272. The molecule has 0 saturated heterocycles. The zero-order valence-corrected chi connectivity index (χ0v) is 15.1. The molecule has 0 aliphatic heterocycles. The maximum atomic E-state index is 3.80. The number of hydrogen-bond donors (Lipinski definition) is 1. The molecule has 116 valence electrons. The molecule has 0 amide bonds. The predicted octanol–water partition coefficient (Wildman–Crippen LogP) is 4.27. The highest BCUT2D eigenvalue weighted by Crippen LogP contribution is 2.26. The summed E-state index contributed by atoms with van der Waals surface area (Å²) in [5.74, 6) is 0. The van der Waals surface area contributed by atoms with E-state index in [4.69, 9.17) is 0 Å². The van der Waals surface area contributed by atoms with Crippen LogP contribution in [0.3, 0.4) is 0 Å². The molecule has 2 aromatic heterocycles. The first-order valence-corrected chi connectivity index (χ1v) is 9.16. The van der Waals surface area contributed by atoms with Crippen LogP contribution in [0.4, 0.5) is 0 Å². The Bertz CT molecular complexity index is 501. The lowest BCUT2D eigenvalue weighted by atomic mass is 9.92. The third-order valence-electron chi connectivity index (χ3n) is 3.44. The van der Waals surface area contributed by atoms with Gasteiger partial charge in [-0.25, -0.2) is 0 Å². The van der Waals surface area contributed by atoms with E-state index >= 15 is 0 Å². The maximum Gasteiger partial charge on any atom is 0.0463 e. The molecular formula is C17H26N2S2. The van der Waals surface area contributed by atoms with Gasteiger partial charge in [0.25, 0.3) is 0 Å². The van der Waals surface area contributed by atoms with Crippen LogP contribution in [0.2, 0.25) is 0 Å². The smallest absolute Gasteiger partial charge is 0.0463 e. The predicted molar refractivity (Wildman–Crippen MR) is 95.4 cm³/mol. The molecule has 0 bridgehead atoms. The summed E-state index contributed by atoms with van der Waals surface area (Å²) in [6.07, 6.45) is 1.08. The standard InChI is InChI=1S/C17H26N2S2/c1-17(2,13-19(3)4)12-18-15(16-8-6-10-21-16)11-14-7-5-9-20-14/h5-10,15,18H,11-13H2,1-4H3. The van der Waals surface area contributed by atoms with Crippen molar-refractivity contribution in [2.75, 3.05) is 27.2 Å². The molecule has 1 N–H and O–H groups in total. The zero-order chi connectivity index (χ0) is 15.3. The average Bonchev–Trinajstić information content (AvgIpc) is 3.05. The Labute approximate surface area is 136 Å². The van der Waals surface area contributed by atoms with E-state index < -0.39 is 0 Å². The van der Waals surface area contributed by atoms with Gasteiger partial charge >= 0.3 is 0 Å². The Morgan fingerprint density at radius 3 is 2.43 bits per heavy atom. The van der Waals surface area contributed by atoms with Gasteiger partial charge in [-0.1, -0.05) is 26.0 Å². The van der Waals surface area contributed by atoms with Crippen molar-refractivity contribution in [2.24, 2.45) is 5.41 Å².